The highest BCUT2D eigenvalue weighted by Gasteiger charge is 2.27. The van der Waals surface area contributed by atoms with E-state index in [9.17, 15) is 4.39 Å². The molecule has 0 amide bonds. The van der Waals surface area contributed by atoms with E-state index in [4.69, 9.17) is 11.5 Å². The summed E-state index contributed by atoms with van der Waals surface area (Å²) in [5.74, 6) is -0.191. The number of benzene rings is 1. The second-order valence-corrected chi connectivity index (χ2v) is 4.98. The van der Waals surface area contributed by atoms with Gasteiger partial charge in [0.25, 0.3) is 0 Å². The summed E-state index contributed by atoms with van der Waals surface area (Å²) in [5, 5.41) is 0. The summed E-state index contributed by atoms with van der Waals surface area (Å²) in [6.07, 6.45) is 0. The van der Waals surface area contributed by atoms with Crippen molar-refractivity contribution >= 4 is 0 Å². The highest BCUT2D eigenvalue weighted by Crippen LogP contribution is 2.25. The van der Waals surface area contributed by atoms with Crippen molar-refractivity contribution in [2.45, 2.75) is 6.04 Å². The first-order chi connectivity index (χ1) is 9.24. The van der Waals surface area contributed by atoms with Gasteiger partial charge in [-0.3, -0.25) is 9.80 Å². The maximum Gasteiger partial charge on any atom is 0.123 e. The fraction of sp³-hybridized carbons (Fsp3) is 0.571. The minimum absolute atomic E-state index is 0.191. The SMILES string of the molecule is NCCN1CCN(CCN)C(c2ccc(F)cc2)C1. The molecule has 1 aliphatic rings. The summed E-state index contributed by atoms with van der Waals surface area (Å²) in [6.45, 7) is 6.05. The Labute approximate surface area is 114 Å². The van der Waals surface area contributed by atoms with Gasteiger partial charge in [-0.05, 0) is 17.7 Å². The molecular weight excluding hydrogens is 243 g/mol. The summed E-state index contributed by atoms with van der Waals surface area (Å²) in [5.41, 5.74) is 12.5. The van der Waals surface area contributed by atoms with E-state index in [-0.39, 0.29) is 11.9 Å². The van der Waals surface area contributed by atoms with Gasteiger partial charge in [-0.1, -0.05) is 12.1 Å². The van der Waals surface area contributed by atoms with Crippen LogP contribution in [0.15, 0.2) is 24.3 Å². The van der Waals surface area contributed by atoms with E-state index in [0.717, 1.165) is 38.3 Å². The molecule has 1 aromatic carbocycles. The van der Waals surface area contributed by atoms with E-state index < -0.39 is 0 Å². The summed E-state index contributed by atoms with van der Waals surface area (Å²) in [7, 11) is 0. The van der Waals surface area contributed by atoms with Crippen molar-refractivity contribution in [3.05, 3.63) is 35.6 Å². The van der Waals surface area contributed by atoms with Crippen LogP contribution < -0.4 is 11.5 Å². The first kappa shape index (κ1) is 14.4. The Morgan fingerprint density at radius 2 is 1.74 bits per heavy atom. The highest BCUT2D eigenvalue weighted by atomic mass is 19.1. The van der Waals surface area contributed by atoms with Gasteiger partial charge < -0.3 is 11.5 Å². The minimum Gasteiger partial charge on any atom is -0.329 e. The number of nitrogens with two attached hydrogens (primary N) is 2. The molecule has 106 valence electrons. The normalized spacial score (nSPS) is 21.7. The minimum atomic E-state index is -0.191. The summed E-state index contributed by atoms with van der Waals surface area (Å²) in [6, 6.07) is 7.07. The molecule has 4 N–H and O–H groups in total. The number of halogens is 1. The zero-order valence-corrected chi connectivity index (χ0v) is 11.3. The van der Waals surface area contributed by atoms with Crippen molar-refractivity contribution in [3.63, 3.8) is 0 Å². The van der Waals surface area contributed by atoms with Gasteiger partial charge in [0.1, 0.15) is 5.82 Å². The molecule has 1 saturated heterocycles. The number of hydrogen-bond donors (Lipinski definition) is 2. The molecule has 1 unspecified atom stereocenters. The van der Waals surface area contributed by atoms with Crippen LogP contribution in [0.25, 0.3) is 0 Å². The average molecular weight is 266 g/mol. The molecule has 2 rings (SSSR count). The number of hydrogen-bond acceptors (Lipinski definition) is 4. The fourth-order valence-electron chi connectivity index (χ4n) is 2.70. The monoisotopic (exact) mass is 266 g/mol. The third kappa shape index (κ3) is 3.73. The van der Waals surface area contributed by atoms with E-state index in [1.165, 1.54) is 12.1 Å². The lowest BCUT2D eigenvalue weighted by Crippen LogP contribution is -2.50. The van der Waals surface area contributed by atoms with Crippen molar-refractivity contribution in [1.29, 1.82) is 0 Å². The van der Waals surface area contributed by atoms with Crippen LogP contribution in [0.4, 0.5) is 4.39 Å². The molecule has 1 fully saturated rings. The van der Waals surface area contributed by atoms with E-state index >= 15 is 0 Å². The Bertz CT molecular complexity index is 382. The van der Waals surface area contributed by atoms with Crippen LogP contribution in [-0.2, 0) is 0 Å². The fourth-order valence-corrected chi connectivity index (χ4v) is 2.70. The number of piperazine rings is 1. The molecule has 0 saturated carbocycles. The molecule has 19 heavy (non-hydrogen) atoms. The van der Waals surface area contributed by atoms with Gasteiger partial charge in [0.15, 0.2) is 0 Å². The van der Waals surface area contributed by atoms with Crippen LogP contribution >= 0.6 is 0 Å². The third-order valence-corrected chi connectivity index (χ3v) is 3.69. The van der Waals surface area contributed by atoms with Gasteiger partial charge in [0, 0.05) is 51.9 Å². The van der Waals surface area contributed by atoms with Gasteiger partial charge in [-0.2, -0.15) is 0 Å². The molecule has 0 bridgehead atoms. The second kappa shape index (κ2) is 6.96. The topological polar surface area (TPSA) is 58.5 Å². The Morgan fingerprint density at radius 1 is 1.05 bits per heavy atom. The van der Waals surface area contributed by atoms with E-state index in [1.807, 2.05) is 12.1 Å². The molecule has 0 spiro atoms. The van der Waals surface area contributed by atoms with Crippen LogP contribution in [0.2, 0.25) is 0 Å². The molecule has 5 heteroatoms. The van der Waals surface area contributed by atoms with Crippen molar-refractivity contribution in [2.24, 2.45) is 11.5 Å². The van der Waals surface area contributed by atoms with Crippen molar-refractivity contribution in [1.82, 2.24) is 9.80 Å². The van der Waals surface area contributed by atoms with Gasteiger partial charge in [-0.25, -0.2) is 4.39 Å². The summed E-state index contributed by atoms with van der Waals surface area (Å²) < 4.78 is 13.0. The van der Waals surface area contributed by atoms with Crippen molar-refractivity contribution in [3.8, 4) is 0 Å². The Hall–Kier alpha value is -1.01. The number of rotatable bonds is 5. The van der Waals surface area contributed by atoms with Crippen LogP contribution in [0.1, 0.15) is 11.6 Å². The van der Waals surface area contributed by atoms with Gasteiger partial charge in [0.05, 0.1) is 0 Å². The molecule has 1 atom stereocenters. The van der Waals surface area contributed by atoms with Gasteiger partial charge in [0.2, 0.25) is 0 Å². The lowest BCUT2D eigenvalue weighted by Gasteiger charge is -2.41. The zero-order chi connectivity index (χ0) is 13.7. The molecule has 0 radical (unpaired) electrons. The lowest BCUT2D eigenvalue weighted by atomic mass is 10.0. The van der Waals surface area contributed by atoms with E-state index in [2.05, 4.69) is 9.80 Å². The Kier molecular flexibility index (Phi) is 5.27. The maximum atomic E-state index is 13.0. The second-order valence-electron chi connectivity index (χ2n) is 4.98. The van der Waals surface area contributed by atoms with Crippen LogP contribution in [0.5, 0.6) is 0 Å². The lowest BCUT2D eigenvalue weighted by molar-refractivity contribution is 0.0784. The van der Waals surface area contributed by atoms with E-state index in [0.29, 0.717) is 13.1 Å². The molecule has 1 heterocycles. The Balaban J connectivity index is 2.12. The predicted molar refractivity (Wildman–Crippen MR) is 75.3 cm³/mol. The average Bonchev–Trinajstić information content (AvgIpc) is 2.42. The van der Waals surface area contributed by atoms with Gasteiger partial charge >= 0.3 is 0 Å². The zero-order valence-electron chi connectivity index (χ0n) is 11.3. The standard InChI is InChI=1S/C14H23FN4/c15-13-3-1-12(2-4-13)14-11-18(7-5-16)9-10-19(14)8-6-17/h1-4,14H,5-11,16-17H2. The van der Waals surface area contributed by atoms with Crippen LogP contribution in [0, 0.1) is 5.82 Å². The quantitative estimate of drug-likeness (QED) is 0.810. The maximum absolute atomic E-state index is 13.0. The first-order valence-corrected chi connectivity index (χ1v) is 6.86. The van der Waals surface area contributed by atoms with Crippen molar-refractivity contribution in [2.75, 3.05) is 45.8 Å². The summed E-state index contributed by atoms with van der Waals surface area (Å²) >= 11 is 0. The summed E-state index contributed by atoms with van der Waals surface area (Å²) in [4.78, 5) is 4.74. The van der Waals surface area contributed by atoms with Crippen LogP contribution in [0.3, 0.4) is 0 Å². The highest BCUT2D eigenvalue weighted by molar-refractivity contribution is 5.21. The van der Waals surface area contributed by atoms with Crippen molar-refractivity contribution < 1.29 is 4.39 Å². The van der Waals surface area contributed by atoms with Crippen LogP contribution in [-0.4, -0.2) is 55.6 Å². The Morgan fingerprint density at radius 3 is 2.37 bits per heavy atom. The van der Waals surface area contributed by atoms with Gasteiger partial charge in [-0.15, -0.1) is 0 Å². The number of nitrogens with zero attached hydrogens (tertiary/aromatic N) is 2. The predicted octanol–water partition coefficient (Wildman–Crippen LogP) is 0.402. The molecular formula is C14H23FN4. The molecule has 4 nitrogen and oxygen atoms in total. The molecule has 1 aliphatic heterocycles. The van der Waals surface area contributed by atoms with E-state index in [1.54, 1.807) is 0 Å². The molecule has 0 aromatic heterocycles. The largest absolute Gasteiger partial charge is 0.329 e. The first-order valence-electron chi connectivity index (χ1n) is 6.86. The molecule has 0 aliphatic carbocycles. The third-order valence-electron chi connectivity index (χ3n) is 3.69. The smallest absolute Gasteiger partial charge is 0.123 e. The molecule has 1 aromatic rings.